The molecule has 0 N–H and O–H groups in total. The summed E-state index contributed by atoms with van der Waals surface area (Å²) < 4.78 is 5.46. The number of likely N-dealkylation sites (tertiary alicyclic amines) is 1. The Kier molecular flexibility index (Phi) is 5.99. The van der Waals surface area contributed by atoms with Gasteiger partial charge in [-0.25, -0.2) is 4.79 Å². The zero-order valence-electron chi connectivity index (χ0n) is 14.8. The summed E-state index contributed by atoms with van der Waals surface area (Å²) in [7, 11) is 0. The first kappa shape index (κ1) is 17.7. The molecule has 1 atom stereocenters. The number of rotatable bonds is 5. The molecule has 1 saturated heterocycles. The molecule has 1 aromatic heterocycles. The lowest BCUT2D eigenvalue weighted by Crippen LogP contribution is -2.36. The smallest absolute Gasteiger partial charge is 0.410 e. The van der Waals surface area contributed by atoms with Crippen LogP contribution in [0.15, 0.2) is 24.5 Å². The van der Waals surface area contributed by atoms with Crippen molar-refractivity contribution in [2.24, 2.45) is 5.92 Å². The summed E-state index contributed by atoms with van der Waals surface area (Å²) in [6.07, 6.45) is 4.58. The highest BCUT2D eigenvalue weighted by Gasteiger charge is 2.30. The summed E-state index contributed by atoms with van der Waals surface area (Å²) in [5, 5.41) is 0. The van der Waals surface area contributed by atoms with E-state index in [0.29, 0.717) is 5.92 Å². The molecule has 0 aliphatic carbocycles. The van der Waals surface area contributed by atoms with Gasteiger partial charge in [-0.3, -0.25) is 9.88 Å². The van der Waals surface area contributed by atoms with E-state index in [-0.39, 0.29) is 6.09 Å². The lowest BCUT2D eigenvalue weighted by Gasteiger charge is -2.26. The molecule has 1 fully saturated rings. The van der Waals surface area contributed by atoms with Gasteiger partial charge in [0, 0.05) is 38.6 Å². The number of aromatic nitrogens is 1. The van der Waals surface area contributed by atoms with Crippen molar-refractivity contribution in [3.8, 4) is 0 Å². The van der Waals surface area contributed by atoms with Gasteiger partial charge in [-0.2, -0.15) is 0 Å². The van der Waals surface area contributed by atoms with E-state index in [1.807, 2.05) is 37.9 Å². The van der Waals surface area contributed by atoms with Gasteiger partial charge in [-0.1, -0.05) is 13.0 Å². The average Bonchev–Trinajstić information content (AvgIpc) is 2.94. The first-order valence-electron chi connectivity index (χ1n) is 8.46. The predicted molar refractivity (Wildman–Crippen MR) is 91.1 cm³/mol. The van der Waals surface area contributed by atoms with Crippen molar-refractivity contribution in [1.82, 2.24) is 14.8 Å². The lowest BCUT2D eigenvalue weighted by atomic mass is 10.1. The van der Waals surface area contributed by atoms with Crippen LogP contribution in [0.2, 0.25) is 0 Å². The number of carbonyl (C=O) groups is 1. The third-order valence-electron chi connectivity index (χ3n) is 4.03. The van der Waals surface area contributed by atoms with Crippen molar-refractivity contribution < 1.29 is 9.53 Å². The van der Waals surface area contributed by atoms with Gasteiger partial charge in [0.25, 0.3) is 0 Å². The molecule has 0 bridgehead atoms. The van der Waals surface area contributed by atoms with E-state index >= 15 is 0 Å². The minimum absolute atomic E-state index is 0.185. The molecule has 1 unspecified atom stereocenters. The Morgan fingerprint density at radius 1 is 1.48 bits per heavy atom. The number of hydrogen-bond donors (Lipinski definition) is 0. The zero-order valence-corrected chi connectivity index (χ0v) is 14.8. The van der Waals surface area contributed by atoms with Gasteiger partial charge >= 0.3 is 6.09 Å². The average molecular weight is 319 g/mol. The van der Waals surface area contributed by atoms with E-state index < -0.39 is 5.60 Å². The summed E-state index contributed by atoms with van der Waals surface area (Å²) in [5.41, 5.74) is 0.807. The van der Waals surface area contributed by atoms with Crippen LogP contribution in [0.5, 0.6) is 0 Å². The number of pyridine rings is 1. The van der Waals surface area contributed by atoms with Gasteiger partial charge < -0.3 is 9.64 Å². The predicted octanol–water partition coefficient (Wildman–Crippen LogP) is 3.16. The van der Waals surface area contributed by atoms with Crippen molar-refractivity contribution in [3.63, 3.8) is 0 Å². The van der Waals surface area contributed by atoms with Crippen LogP contribution in [0.3, 0.4) is 0 Å². The van der Waals surface area contributed by atoms with E-state index in [4.69, 9.17) is 4.74 Å². The van der Waals surface area contributed by atoms with E-state index in [9.17, 15) is 4.79 Å². The molecule has 1 amide bonds. The normalized spacial score (nSPS) is 18.5. The molecule has 2 heterocycles. The standard InChI is InChI=1S/C18H29N3O2/c1-5-20(12-15-7-6-9-19-11-15)13-16-8-10-21(14-16)17(22)23-18(2,3)4/h6-7,9,11,16H,5,8,10,12-14H2,1-4H3. The second kappa shape index (κ2) is 7.77. The monoisotopic (exact) mass is 319 g/mol. The molecular formula is C18H29N3O2. The largest absolute Gasteiger partial charge is 0.444 e. The van der Waals surface area contributed by atoms with Gasteiger partial charge in [0.1, 0.15) is 5.60 Å². The van der Waals surface area contributed by atoms with E-state index in [1.165, 1.54) is 5.56 Å². The van der Waals surface area contributed by atoms with Gasteiger partial charge in [0.05, 0.1) is 0 Å². The Balaban J connectivity index is 1.82. The van der Waals surface area contributed by atoms with Crippen molar-refractivity contribution in [2.45, 2.75) is 46.3 Å². The summed E-state index contributed by atoms with van der Waals surface area (Å²) >= 11 is 0. The van der Waals surface area contributed by atoms with Crippen molar-refractivity contribution in [3.05, 3.63) is 30.1 Å². The molecule has 1 aliphatic heterocycles. The van der Waals surface area contributed by atoms with Gasteiger partial charge in [0.15, 0.2) is 0 Å². The minimum atomic E-state index is -0.426. The highest BCUT2D eigenvalue weighted by molar-refractivity contribution is 5.68. The number of nitrogens with zero attached hydrogens (tertiary/aromatic N) is 3. The molecular weight excluding hydrogens is 290 g/mol. The summed E-state index contributed by atoms with van der Waals surface area (Å²) in [6, 6.07) is 4.08. The van der Waals surface area contributed by atoms with Crippen LogP contribution >= 0.6 is 0 Å². The zero-order chi connectivity index (χ0) is 16.9. The summed E-state index contributed by atoms with van der Waals surface area (Å²) in [5.74, 6) is 0.513. The number of carbonyl (C=O) groups excluding carboxylic acids is 1. The maximum absolute atomic E-state index is 12.1. The van der Waals surface area contributed by atoms with E-state index in [0.717, 1.165) is 39.1 Å². The fourth-order valence-electron chi connectivity index (χ4n) is 2.89. The Labute approximate surface area is 139 Å². The lowest BCUT2D eigenvalue weighted by molar-refractivity contribution is 0.0285. The second-order valence-electron chi connectivity index (χ2n) is 7.27. The Bertz CT molecular complexity index is 499. The molecule has 5 heteroatoms. The van der Waals surface area contributed by atoms with Crippen molar-refractivity contribution >= 4 is 6.09 Å². The second-order valence-corrected chi connectivity index (χ2v) is 7.27. The van der Waals surface area contributed by atoms with Crippen molar-refractivity contribution in [2.75, 3.05) is 26.2 Å². The topological polar surface area (TPSA) is 45.7 Å². The van der Waals surface area contributed by atoms with Crippen LogP contribution in [0.1, 0.15) is 39.7 Å². The molecule has 1 aromatic rings. The molecule has 0 aromatic carbocycles. The van der Waals surface area contributed by atoms with Crippen LogP contribution in [-0.4, -0.2) is 52.7 Å². The quantitative estimate of drug-likeness (QED) is 0.836. The van der Waals surface area contributed by atoms with Gasteiger partial charge in [-0.15, -0.1) is 0 Å². The van der Waals surface area contributed by atoms with Crippen LogP contribution in [0.25, 0.3) is 0 Å². The molecule has 1 aliphatic rings. The fraction of sp³-hybridized carbons (Fsp3) is 0.667. The number of hydrogen-bond acceptors (Lipinski definition) is 4. The molecule has 2 rings (SSSR count). The van der Waals surface area contributed by atoms with Gasteiger partial charge in [0.2, 0.25) is 0 Å². The van der Waals surface area contributed by atoms with Gasteiger partial charge in [-0.05, 0) is 51.3 Å². The van der Waals surface area contributed by atoms with Crippen LogP contribution in [0.4, 0.5) is 4.79 Å². The van der Waals surface area contributed by atoms with Crippen LogP contribution in [-0.2, 0) is 11.3 Å². The Morgan fingerprint density at radius 2 is 2.26 bits per heavy atom. The molecule has 0 saturated carbocycles. The minimum Gasteiger partial charge on any atom is -0.444 e. The van der Waals surface area contributed by atoms with E-state index in [2.05, 4.69) is 22.9 Å². The molecule has 0 radical (unpaired) electrons. The number of ether oxygens (including phenoxy) is 1. The SMILES string of the molecule is CCN(Cc1cccnc1)CC1CCN(C(=O)OC(C)(C)C)C1. The summed E-state index contributed by atoms with van der Waals surface area (Å²) in [6.45, 7) is 12.4. The molecule has 5 nitrogen and oxygen atoms in total. The maximum Gasteiger partial charge on any atom is 0.410 e. The van der Waals surface area contributed by atoms with Crippen LogP contribution in [0, 0.1) is 5.92 Å². The third-order valence-corrected chi connectivity index (χ3v) is 4.03. The maximum atomic E-state index is 12.1. The number of amides is 1. The highest BCUT2D eigenvalue weighted by Crippen LogP contribution is 2.21. The molecule has 128 valence electrons. The van der Waals surface area contributed by atoms with Crippen LogP contribution < -0.4 is 0 Å². The first-order chi connectivity index (χ1) is 10.9. The van der Waals surface area contributed by atoms with E-state index in [1.54, 1.807) is 6.20 Å². The first-order valence-corrected chi connectivity index (χ1v) is 8.46. The third kappa shape index (κ3) is 5.82. The molecule has 0 spiro atoms. The highest BCUT2D eigenvalue weighted by atomic mass is 16.6. The Morgan fingerprint density at radius 3 is 2.87 bits per heavy atom. The fourth-order valence-corrected chi connectivity index (χ4v) is 2.89. The van der Waals surface area contributed by atoms with Crippen molar-refractivity contribution in [1.29, 1.82) is 0 Å². The molecule has 23 heavy (non-hydrogen) atoms. The summed E-state index contributed by atoms with van der Waals surface area (Å²) in [4.78, 5) is 20.6. The Hall–Kier alpha value is -1.62.